The molecule has 2 N–H and O–H groups in total. The van der Waals surface area contributed by atoms with Crippen LogP contribution in [0.5, 0.6) is 0 Å². The van der Waals surface area contributed by atoms with E-state index < -0.39 is 6.10 Å². The first-order valence-electron chi connectivity index (χ1n) is 7.23. The number of rotatable bonds is 7. The first kappa shape index (κ1) is 15.8. The number of aliphatic hydroxyl groups is 1. The van der Waals surface area contributed by atoms with Gasteiger partial charge in [0.2, 0.25) is 5.91 Å². The van der Waals surface area contributed by atoms with E-state index in [1.807, 2.05) is 26.0 Å². The van der Waals surface area contributed by atoms with Crippen LogP contribution in [0.3, 0.4) is 0 Å². The predicted octanol–water partition coefficient (Wildman–Crippen LogP) is 3.48. The Labute approximate surface area is 128 Å². The molecule has 21 heavy (non-hydrogen) atoms. The highest BCUT2D eigenvalue weighted by molar-refractivity contribution is 7.12. The van der Waals surface area contributed by atoms with Gasteiger partial charge >= 0.3 is 0 Å². The average molecular weight is 307 g/mol. The summed E-state index contributed by atoms with van der Waals surface area (Å²) in [7, 11) is 0. The van der Waals surface area contributed by atoms with Gasteiger partial charge in [0, 0.05) is 15.7 Å². The predicted molar refractivity (Wildman–Crippen MR) is 83.0 cm³/mol. The zero-order chi connectivity index (χ0) is 15.2. The summed E-state index contributed by atoms with van der Waals surface area (Å²) in [6.07, 6.45) is 2.52. The van der Waals surface area contributed by atoms with Crippen LogP contribution in [0.4, 0.5) is 0 Å². The highest BCUT2D eigenvalue weighted by atomic mass is 32.1. The fourth-order valence-electron chi connectivity index (χ4n) is 2.20. The number of carbonyl (C=O) groups is 1. The van der Waals surface area contributed by atoms with E-state index in [1.54, 1.807) is 18.4 Å². The second-order valence-corrected chi connectivity index (χ2v) is 6.15. The third kappa shape index (κ3) is 3.95. The Balaban J connectivity index is 1.93. The Bertz CT molecular complexity index is 558. The van der Waals surface area contributed by atoms with Crippen molar-refractivity contribution in [3.63, 3.8) is 0 Å². The summed E-state index contributed by atoms with van der Waals surface area (Å²) in [5.41, 5.74) is 0. The molecule has 114 valence electrons. The standard InChI is InChI=1S/C16H21NO3S/c1-3-11(4-2)16(19)17-10-12-7-8-14(21-12)15(18)13-6-5-9-20-13/h5-9,11,15,18H,3-4,10H2,1-2H3,(H,17,19). The fraction of sp³-hybridized carbons (Fsp3) is 0.438. The third-order valence-corrected chi connectivity index (χ3v) is 4.70. The van der Waals surface area contributed by atoms with Crippen molar-refractivity contribution in [2.24, 2.45) is 5.92 Å². The van der Waals surface area contributed by atoms with Crippen molar-refractivity contribution >= 4 is 17.2 Å². The van der Waals surface area contributed by atoms with E-state index in [0.717, 1.165) is 22.6 Å². The van der Waals surface area contributed by atoms with E-state index >= 15 is 0 Å². The molecule has 5 heteroatoms. The molecule has 1 atom stereocenters. The van der Waals surface area contributed by atoms with Gasteiger partial charge in [0.05, 0.1) is 12.8 Å². The van der Waals surface area contributed by atoms with Crippen LogP contribution in [0, 0.1) is 5.92 Å². The maximum atomic E-state index is 11.9. The number of aliphatic hydroxyl groups excluding tert-OH is 1. The second-order valence-electron chi connectivity index (χ2n) is 4.95. The van der Waals surface area contributed by atoms with Gasteiger partial charge in [-0.25, -0.2) is 0 Å². The topological polar surface area (TPSA) is 62.5 Å². The molecule has 0 fully saturated rings. The number of nitrogens with one attached hydrogen (secondary N) is 1. The average Bonchev–Trinajstić information content (AvgIpc) is 3.17. The molecule has 0 spiro atoms. The Kier molecular flexibility index (Phi) is 5.59. The second kappa shape index (κ2) is 7.43. The van der Waals surface area contributed by atoms with Crippen molar-refractivity contribution in [1.82, 2.24) is 5.32 Å². The van der Waals surface area contributed by atoms with Crippen LogP contribution in [0.2, 0.25) is 0 Å². The normalized spacial score (nSPS) is 12.6. The van der Waals surface area contributed by atoms with E-state index in [0.29, 0.717) is 12.3 Å². The van der Waals surface area contributed by atoms with Gasteiger partial charge in [-0.3, -0.25) is 4.79 Å². The van der Waals surface area contributed by atoms with Crippen molar-refractivity contribution in [2.45, 2.75) is 39.3 Å². The minimum atomic E-state index is -0.742. The van der Waals surface area contributed by atoms with Gasteiger partial charge in [-0.15, -0.1) is 11.3 Å². The molecule has 0 saturated heterocycles. The van der Waals surface area contributed by atoms with Gasteiger partial charge in [0.15, 0.2) is 0 Å². The van der Waals surface area contributed by atoms with Crippen LogP contribution in [0.15, 0.2) is 34.9 Å². The van der Waals surface area contributed by atoms with Crippen LogP contribution in [0.1, 0.15) is 48.3 Å². The van der Waals surface area contributed by atoms with E-state index in [4.69, 9.17) is 4.42 Å². The molecule has 1 amide bonds. The molecule has 2 aromatic rings. The lowest BCUT2D eigenvalue weighted by atomic mass is 10.0. The quantitative estimate of drug-likeness (QED) is 0.823. The van der Waals surface area contributed by atoms with Crippen LogP contribution < -0.4 is 5.32 Å². The molecule has 0 aliphatic carbocycles. The molecule has 0 radical (unpaired) electrons. The number of thiophene rings is 1. The third-order valence-electron chi connectivity index (χ3n) is 3.56. The van der Waals surface area contributed by atoms with Crippen LogP contribution >= 0.6 is 11.3 Å². The molecule has 1 unspecified atom stereocenters. The number of furan rings is 1. The van der Waals surface area contributed by atoms with Crippen molar-refractivity contribution in [1.29, 1.82) is 0 Å². The Morgan fingerprint density at radius 2 is 2.10 bits per heavy atom. The van der Waals surface area contributed by atoms with Crippen molar-refractivity contribution in [3.8, 4) is 0 Å². The Morgan fingerprint density at radius 1 is 1.33 bits per heavy atom. The van der Waals surface area contributed by atoms with E-state index in [-0.39, 0.29) is 11.8 Å². The minimum absolute atomic E-state index is 0.0816. The zero-order valence-electron chi connectivity index (χ0n) is 12.3. The number of hydrogen-bond donors (Lipinski definition) is 2. The van der Waals surface area contributed by atoms with Gasteiger partial charge in [0.1, 0.15) is 11.9 Å². The molecule has 2 aromatic heterocycles. The molecule has 2 heterocycles. The zero-order valence-corrected chi connectivity index (χ0v) is 13.2. The maximum absolute atomic E-state index is 11.9. The molecule has 0 aliphatic rings. The lowest BCUT2D eigenvalue weighted by Gasteiger charge is -2.11. The molecular weight excluding hydrogens is 286 g/mol. The summed E-state index contributed by atoms with van der Waals surface area (Å²) in [5.74, 6) is 0.712. The summed E-state index contributed by atoms with van der Waals surface area (Å²) in [5, 5.41) is 13.1. The van der Waals surface area contributed by atoms with Crippen LogP contribution in [-0.4, -0.2) is 11.0 Å². The van der Waals surface area contributed by atoms with Gasteiger partial charge < -0.3 is 14.8 Å². The SMILES string of the molecule is CCC(CC)C(=O)NCc1ccc(C(O)c2ccco2)s1. The van der Waals surface area contributed by atoms with E-state index in [1.165, 1.54) is 11.3 Å². The van der Waals surface area contributed by atoms with Crippen LogP contribution in [-0.2, 0) is 11.3 Å². The lowest BCUT2D eigenvalue weighted by molar-refractivity contribution is -0.125. The first-order valence-corrected chi connectivity index (χ1v) is 8.05. The number of amides is 1. The van der Waals surface area contributed by atoms with Gasteiger partial charge in [-0.1, -0.05) is 13.8 Å². The lowest BCUT2D eigenvalue weighted by Crippen LogP contribution is -2.29. The highest BCUT2D eigenvalue weighted by Crippen LogP contribution is 2.28. The van der Waals surface area contributed by atoms with Crippen molar-refractivity contribution < 1.29 is 14.3 Å². The summed E-state index contributed by atoms with van der Waals surface area (Å²) >= 11 is 1.48. The largest absolute Gasteiger partial charge is 0.466 e. The molecule has 0 bridgehead atoms. The Hall–Kier alpha value is -1.59. The van der Waals surface area contributed by atoms with Gasteiger partial charge in [-0.05, 0) is 37.1 Å². The fourth-order valence-corrected chi connectivity index (χ4v) is 3.15. The van der Waals surface area contributed by atoms with Gasteiger partial charge in [0.25, 0.3) is 0 Å². The highest BCUT2D eigenvalue weighted by Gasteiger charge is 2.17. The molecule has 4 nitrogen and oxygen atoms in total. The van der Waals surface area contributed by atoms with Crippen molar-refractivity contribution in [3.05, 3.63) is 46.0 Å². The van der Waals surface area contributed by atoms with Gasteiger partial charge in [-0.2, -0.15) is 0 Å². The molecule has 2 rings (SSSR count). The Morgan fingerprint density at radius 3 is 2.71 bits per heavy atom. The summed E-state index contributed by atoms with van der Waals surface area (Å²) in [6, 6.07) is 7.30. The monoisotopic (exact) mass is 307 g/mol. The number of carbonyl (C=O) groups excluding carboxylic acids is 1. The molecule has 0 aliphatic heterocycles. The minimum Gasteiger partial charge on any atom is -0.466 e. The first-order chi connectivity index (χ1) is 10.2. The maximum Gasteiger partial charge on any atom is 0.223 e. The molecule has 0 saturated carbocycles. The van der Waals surface area contributed by atoms with E-state index in [9.17, 15) is 9.90 Å². The molecular formula is C16H21NO3S. The summed E-state index contributed by atoms with van der Waals surface area (Å²) in [4.78, 5) is 13.8. The summed E-state index contributed by atoms with van der Waals surface area (Å²) < 4.78 is 5.20. The van der Waals surface area contributed by atoms with E-state index in [2.05, 4.69) is 5.32 Å². The molecule has 0 aromatic carbocycles. The smallest absolute Gasteiger partial charge is 0.223 e. The number of hydrogen-bond acceptors (Lipinski definition) is 4. The summed E-state index contributed by atoms with van der Waals surface area (Å²) in [6.45, 7) is 4.55. The van der Waals surface area contributed by atoms with Crippen molar-refractivity contribution in [2.75, 3.05) is 0 Å². The van der Waals surface area contributed by atoms with Crippen LogP contribution in [0.25, 0.3) is 0 Å².